The van der Waals surface area contributed by atoms with Crippen molar-refractivity contribution in [2.24, 2.45) is 0 Å². The molecule has 1 rings (SSSR count). The van der Waals surface area contributed by atoms with Crippen LogP contribution in [0.1, 0.15) is 32.3 Å². The van der Waals surface area contributed by atoms with Gasteiger partial charge < -0.3 is 5.11 Å². The summed E-state index contributed by atoms with van der Waals surface area (Å²) in [6.45, 7) is 4.98. The van der Waals surface area contributed by atoms with E-state index in [1.54, 1.807) is 39.0 Å². The molecular weight excluding hydrogens is 266 g/mol. The van der Waals surface area contributed by atoms with Crippen molar-refractivity contribution in [3.8, 4) is 0 Å². The van der Waals surface area contributed by atoms with Crippen molar-refractivity contribution in [2.75, 3.05) is 0 Å². The van der Waals surface area contributed by atoms with Crippen LogP contribution in [0.5, 0.6) is 0 Å². The molecule has 0 bridgehead atoms. The monoisotopic (exact) mass is 285 g/mol. The van der Waals surface area contributed by atoms with E-state index in [2.05, 4.69) is 4.72 Å². The Morgan fingerprint density at radius 3 is 2.21 bits per heavy atom. The molecule has 0 aliphatic rings. The zero-order valence-electron chi connectivity index (χ0n) is 11.3. The van der Waals surface area contributed by atoms with Gasteiger partial charge in [-0.3, -0.25) is 4.79 Å². The molecule has 0 aliphatic carbocycles. The Bertz CT molecular complexity index is 562. The Morgan fingerprint density at radius 1 is 1.26 bits per heavy atom. The van der Waals surface area contributed by atoms with Gasteiger partial charge >= 0.3 is 5.97 Å². The molecule has 0 spiro atoms. The number of rotatable bonds is 6. The molecular formula is C13H19NO4S. The summed E-state index contributed by atoms with van der Waals surface area (Å²) in [7, 11) is -3.85. The number of nitrogens with one attached hydrogen (secondary N) is 1. The van der Waals surface area contributed by atoms with E-state index in [-0.39, 0.29) is 17.7 Å². The van der Waals surface area contributed by atoms with Crippen LogP contribution in [0.25, 0.3) is 0 Å². The summed E-state index contributed by atoms with van der Waals surface area (Å²) in [5.74, 6) is -1.16. The smallest absolute Gasteiger partial charge is 0.324 e. The summed E-state index contributed by atoms with van der Waals surface area (Å²) < 4.78 is 27.0. The largest absolute Gasteiger partial charge is 0.480 e. The molecule has 0 atom stereocenters. The zero-order valence-corrected chi connectivity index (χ0v) is 12.1. The average Bonchev–Trinajstić information content (AvgIpc) is 2.36. The first-order valence-corrected chi connectivity index (χ1v) is 7.60. The fraction of sp³-hybridized carbons (Fsp3) is 0.462. The summed E-state index contributed by atoms with van der Waals surface area (Å²) in [6, 6.07) is 6.49. The average molecular weight is 285 g/mol. The molecule has 0 fully saturated rings. The maximum absolute atomic E-state index is 12.3. The van der Waals surface area contributed by atoms with Gasteiger partial charge in [0, 0.05) is 0 Å². The molecule has 106 valence electrons. The molecule has 6 heteroatoms. The number of aryl methyl sites for hydroxylation is 1. The first-order chi connectivity index (χ1) is 8.79. The highest BCUT2D eigenvalue weighted by Crippen LogP contribution is 2.21. The molecule has 2 N–H and O–H groups in total. The van der Waals surface area contributed by atoms with Gasteiger partial charge in [0.05, 0.1) is 4.90 Å². The lowest BCUT2D eigenvalue weighted by atomic mass is 9.95. The van der Waals surface area contributed by atoms with E-state index in [1.807, 2.05) is 0 Å². The first-order valence-electron chi connectivity index (χ1n) is 6.12. The minimum Gasteiger partial charge on any atom is -0.480 e. The SMILES string of the molecule is CCC(CC)(NS(=O)(=O)c1ccccc1C)C(=O)O. The van der Waals surface area contributed by atoms with E-state index in [1.165, 1.54) is 6.07 Å². The van der Waals surface area contributed by atoms with Crippen LogP contribution in [0.3, 0.4) is 0 Å². The summed E-state index contributed by atoms with van der Waals surface area (Å²) in [6.07, 6.45) is 0.369. The molecule has 0 heterocycles. The second-order valence-electron chi connectivity index (χ2n) is 4.47. The third-order valence-electron chi connectivity index (χ3n) is 3.33. The molecule has 1 aromatic rings. The van der Waals surface area contributed by atoms with Gasteiger partial charge in [0.2, 0.25) is 10.0 Å². The van der Waals surface area contributed by atoms with E-state index in [4.69, 9.17) is 0 Å². The maximum atomic E-state index is 12.3. The van der Waals surface area contributed by atoms with Gasteiger partial charge in [-0.25, -0.2) is 8.42 Å². The lowest BCUT2D eigenvalue weighted by molar-refractivity contribution is -0.144. The van der Waals surface area contributed by atoms with Gasteiger partial charge in [0.25, 0.3) is 0 Å². The maximum Gasteiger partial charge on any atom is 0.324 e. The van der Waals surface area contributed by atoms with Gasteiger partial charge in [-0.15, -0.1) is 0 Å². The molecule has 0 radical (unpaired) electrons. The molecule has 0 saturated carbocycles. The minimum atomic E-state index is -3.85. The third-order valence-corrected chi connectivity index (χ3v) is 5.03. The molecule has 1 aromatic carbocycles. The van der Waals surface area contributed by atoms with Gasteiger partial charge in [-0.1, -0.05) is 32.0 Å². The number of carboxylic acid groups (broad SMARTS) is 1. The summed E-state index contributed by atoms with van der Waals surface area (Å²) >= 11 is 0. The van der Waals surface area contributed by atoms with E-state index in [0.29, 0.717) is 5.56 Å². The van der Waals surface area contributed by atoms with Crippen LogP contribution in [-0.4, -0.2) is 25.0 Å². The number of sulfonamides is 1. The number of hydrogen-bond acceptors (Lipinski definition) is 3. The van der Waals surface area contributed by atoms with Gasteiger partial charge in [-0.2, -0.15) is 4.72 Å². The Balaban J connectivity index is 3.23. The van der Waals surface area contributed by atoms with Crippen LogP contribution in [0.15, 0.2) is 29.2 Å². The van der Waals surface area contributed by atoms with Crippen molar-refractivity contribution in [2.45, 2.75) is 44.0 Å². The summed E-state index contributed by atoms with van der Waals surface area (Å²) in [5.41, 5.74) is -0.873. The lowest BCUT2D eigenvalue weighted by Gasteiger charge is -2.28. The minimum absolute atomic E-state index is 0.113. The van der Waals surface area contributed by atoms with E-state index in [0.717, 1.165) is 0 Å². The van der Waals surface area contributed by atoms with Crippen molar-refractivity contribution < 1.29 is 18.3 Å². The van der Waals surface area contributed by atoms with Crippen molar-refractivity contribution >= 4 is 16.0 Å². The molecule has 0 saturated heterocycles. The Labute approximate surface area is 113 Å². The first kappa shape index (κ1) is 15.7. The Kier molecular flexibility index (Phi) is 4.70. The quantitative estimate of drug-likeness (QED) is 0.836. The second-order valence-corrected chi connectivity index (χ2v) is 6.12. The molecule has 0 aromatic heterocycles. The van der Waals surface area contributed by atoms with Gasteiger partial charge in [-0.05, 0) is 31.4 Å². The topological polar surface area (TPSA) is 83.5 Å². The molecule has 0 aliphatic heterocycles. The second kappa shape index (κ2) is 5.71. The summed E-state index contributed by atoms with van der Waals surface area (Å²) in [5, 5.41) is 9.28. The van der Waals surface area contributed by atoms with Crippen LogP contribution in [0, 0.1) is 6.92 Å². The Hall–Kier alpha value is -1.40. The van der Waals surface area contributed by atoms with Crippen LogP contribution in [-0.2, 0) is 14.8 Å². The van der Waals surface area contributed by atoms with E-state index >= 15 is 0 Å². The van der Waals surface area contributed by atoms with Crippen LogP contribution in [0.4, 0.5) is 0 Å². The predicted molar refractivity (Wildman–Crippen MR) is 72.4 cm³/mol. The normalized spacial score (nSPS) is 12.4. The van der Waals surface area contributed by atoms with Gasteiger partial charge in [0.15, 0.2) is 0 Å². The van der Waals surface area contributed by atoms with Crippen molar-refractivity contribution in [3.05, 3.63) is 29.8 Å². The Morgan fingerprint density at radius 2 is 1.79 bits per heavy atom. The highest BCUT2D eigenvalue weighted by atomic mass is 32.2. The van der Waals surface area contributed by atoms with Gasteiger partial charge in [0.1, 0.15) is 5.54 Å². The molecule has 0 amide bonds. The summed E-state index contributed by atoms with van der Waals surface area (Å²) in [4.78, 5) is 11.5. The van der Waals surface area contributed by atoms with Crippen LogP contribution >= 0.6 is 0 Å². The molecule has 5 nitrogen and oxygen atoms in total. The van der Waals surface area contributed by atoms with E-state index < -0.39 is 21.5 Å². The number of carbonyl (C=O) groups is 1. The van der Waals surface area contributed by atoms with Crippen molar-refractivity contribution in [3.63, 3.8) is 0 Å². The fourth-order valence-electron chi connectivity index (χ4n) is 1.91. The number of benzene rings is 1. The highest BCUT2D eigenvalue weighted by Gasteiger charge is 2.39. The number of aliphatic carboxylic acids is 1. The predicted octanol–water partition coefficient (Wildman–Crippen LogP) is 1.92. The molecule has 19 heavy (non-hydrogen) atoms. The van der Waals surface area contributed by atoms with E-state index in [9.17, 15) is 18.3 Å². The van der Waals surface area contributed by atoms with Crippen molar-refractivity contribution in [1.82, 2.24) is 4.72 Å². The van der Waals surface area contributed by atoms with Crippen molar-refractivity contribution in [1.29, 1.82) is 0 Å². The highest BCUT2D eigenvalue weighted by molar-refractivity contribution is 7.89. The standard InChI is InChI=1S/C13H19NO4S/c1-4-13(5-2,12(15)16)14-19(17,18)11-9-7-6-8-10(11)3/h6-9,14H,4-5H2,1-3H3,(H,15,16). The zero-order chi connectivity index (χ0) is 14.7. The number of hydrogen-bond donors (Lipinski definition) is 2. The third kappa shape index (κ3) is 3.13. The molecule has 0 unspecified atom stereocenters. The lowest BCUT2D eigenvalue weighted by Crippen LogP contribution is -2.53. The van der Waals surface area contributed by atoms with Crippen LogP contribution < -0.4 is 4.72 Å². The van der Waals surface area contributed by atoms with Crippen LogP contribution in [0.2, 0.25) is 0 Å². The fourth-order valence-corrected chi connectivity index (χ4v) is 3.66. The number of carboxylic acids is 1.